The molecule has 1 heterocycles. The average molecular weight is 450 g/mol. The van der Waals surface area contributed by atoms with Gasteiger partial charge in [-0.1, -0.05) is 54.1 Å². The molecule has 3 aromatic rings. The number of nitrogens with one attached hydrogen (secondary N) is 2. The third-order valence-corrected chi connectivity index (χ3v) is 5.44. The third-order valence-electron chi connectivity index (χ3n) is 5.13. The summed E-state index contributed by atoms with van der Waals surface area (Å²) in [6, 6.07) is 22.1. The Kier molecular flexibility index (Phi) is 5.83. The fourth-order valence-corrected chi connectivity index (χ4v) is 3.59. The Bertz CT molecular complexity index is 1170. The molecular weight excluding hydrogens is 430 g/mol. The number of benzene rings is 3. The van der Waals surface area contributed by atoms with Gasteiger partial charge in [-0.15, -0.1) is 0 Å². The fraction of sp³-hybridized carbons (Fsp3) is 0.125. The number of imide groups is 1. The van der Waals surface area contributed by atoms with Crippen LogP contribution in [0.1, 0.15) is 12.5 Å². The summed E-state index contributed by atoms with van der Waals surface area (Å²) in [7, 11) is 0. The molecule has 2 N–H and O–H groups in total. The van der Waals surface area contributed by atoms with E-state index in [-0.39, 0.29) is 0 Å². The normalized spacial score (nSPS) is 17.8. The van der Waals surface area contributed by atoms with E-state index in [1.807, 2.05) is 18.2 Å². The molecule has 32 heavy (non-hydrogen) atoms. The summed E-state index contributed by atoms with van der Waals surface area (Å²) in [6.07, 6.45) is 0. The molecule has 0 aromatic heterocycles. The lowest BCUT2D eigenvalue weighted by Crippen LogP contribution is -2.42. The molecular formula is C24H20ClN3O4. The van der Waals surface area contributed by atoms with Gasteiger partial charge in [-0.05, 0) is 48.9 Å². The smallest absolute Gasteiger partial charge is 0.325 e. The lowest BCUT2D eigenvalue weighted by atomic mass is 9.92. The van der Waals surface area contributed by atoms with Crippen LogP contribution in [0.15, 0.2) is 78.9 Å². The van der Waals surface area contributed by atoms with Gasteiger partial charge in [-0.2, -0.15) is 0 Å². The molecule has 0 aliphatic carbocycles. The molecule has 4 rings (SSSR count). The van der Waals surface area contributed by atoms with Crippen LogP contribution >= 0.6 is 11.6 Å². The van der Waals surface area contributed by atoms with Crippen molar-refractivity contribution >= 4 is 35.1 Å². The van der Waals surface area contributed by atoms with Crippen molar-refractivity contribution in [1.29, 1.82) is 0 Å². The molecule has 3 aromatic carbocycles. The Morgan fingerprint density at radius 1 is 1.00 bits per heavy atom. The molecule has 0 saturated carbocycles. The number of halogens is 1. The second-order valence-corrected chi connectivity index (χ2v) is 7.82. The standard InChI is InChI=1S/C24H20ClN3O4/c1-24(16-7-3-2-4-8-16)22(30)28(23(31)27-24)15-21(29)26-17-11-13-18(14-12-17)32-20-10-6-5-9-19(20)25/h2-14H,15H2,1H3,(H,26,29)(H,27,31)/t24-/m1/s1. The number of hydrogen-bond donors (Lipinski definition) is 2. The second-order valence-electron chi connectivity index (χ2n) is 7.42. The lowest BCUT2D eigenvalue weighted by molar-refractivity contribution is -0.133. The molecule has 0 bridgehead atoms. The topological polar surface area (TPSA) is 87.7 Å². The molecule has 7 nitrogen and oxygen atoms in total. The quantitative estimate of drug-likeness (QED) is 0.541. The summed E-state index contributed by atoms with van der Waals surface area (Å²) < 4.78 is 5.72. The van der Waals surface area contributed by atoms with Crippen molar-refractivity contribution in [3.63, 3.8) is 0 Å². The summed E-state index contributed by atoms with van der Waals surface area (Å²) in [5.74, 6) is 0.0905. The van der Waals surface area contributed by atoms with Gasteiger partial charge < -0.3 is 15.4 Å². The molecule has 162 valence electrons. The van der Waals surface area contributed by atoms with Crippen LogP contribution in [0.3, 0.4) is 0 Å². The number of nitrogens with zero attached hydrogens (tertiary/aromatic N) is 1. The molecule has 1 fully saturated rings. The number of urea groups is 1. The summed E-state index contributed by atoms with van der Waals surface area (Å²) in [5.41, 5.74) is -0.0641. The molecule has 0 spiro atoms. The average Bonchev–Trinajstić information content (AvgIpc) is 3.01. The summed E-state index contributed by atoms with van der Waals surface area (Å²) in [5, 5.41) is 5.85. The molecule has 1 saturated heterocycles. The Hall–Kier alpha value is -3.84. The van der Waals surface area contributed by atoms with E-state index >= 15 is 0 Å². The van der Waals surface area contributed by atoms with Crippen LogP contribution < -0.4 is 15.4 Å². The number of rotatable bonds is 6. The maximum Gasteiger partial charge on any atom is 0.325 e. The summed E-state index contributed by atoms with van der Waals surface area (Å²) in [6.45, 7) is 1.23. The van der Waals surface area contributed by atoms with Crippen molar-refractivity contribution in [2.75, 3.05) is 11.9 Å². The lowest BCUT2D eigenvalue weighted by Gasteiger charge is -2.22. The van der Waals surface area contributed by atoms with Crippen molar-refractivity contribution < 1.29 is 19.1 Å². The van der Waals surface area contributed by atoms with E-state index < -0.39 is 29.9 Å². The zero-order chi connectivity index (χ0) is 22.7. The van der Waals surface area contributed by atoms with E-state index in [0.717, 1.165) is 4.90 Å². The van der Waals surface area contributed by atoms with Gasteiger partial charge in [0.1, 0.15) is 23.6 Å². The second kappa shape index (κ2) is 8.72. The van der Waals surface area contributed by atoms with Crippen LogP contribution in [0.4, 0.5) is 10.5 Å². The summed E-state index contributed by atoms with van der Waals surface area (Å²) >= 11 is 6.09. The van der Waals surface area contributed by atoms with Gasteiger partial charge in [0.05, 0.1) is 5.02 Å². The van der Waals surface area contributed by atoms with Gasteiger partial charge in [-0.25, -0.2) is 4.79 Å². The monoisotopic (exact) mass is 449 g/mol. The molecule has 0 unspecified atom stereocenters. The highest BCUT2D eigenvalue weighted by molar-refractivity contribution is 6.32. The highest BCUT2D eigenvalue weighted by atomic mass is 35.5. The zero-order valence-electron chi connectivity index (χ0n) is 17.2. The fourth-order valence-electron chi connectivity index (χ4n) is 3.41. The maximum atomic E-state index is 12.9. The zero-order valence-corrected chi connectivity index (χ0v) is 17.9. The molecule has 1 aliphatic heterocycles. The highest BCUT2D eigenvalue weighted by Crippen LogP contribution is 2.30. The van der Waals surface area contributed by atoms with Crippen LogP contribution in [0.2, 0.25) is 5.02 Å². The number of carbonyl (C=O) groups excluding carboxylic acids is 3. The molecule has 1 atom stereocenters. The van der Waals surface area contributed by atoms with E-state index in [0.29, 0.717) is 27.8 Å². The van der Waals surface area contributed by atoms with E-state index in [9.17, 15) is 14.4 Å². The van der Waals surface area contributed by atoms with Gasteiger partial charge in [-0.3, -0.25) is 14.5 Å². The predicted molar refractivity (Wildman–Crippen MR) is 121 cm³/mol. The van der Waals surface area contributed by atoms with Gasteiger partial charge in [0.25, 0.3) is 5.91 Å². The SMILES string of the molecule is C[C@]1(c2ccccc2)NC(=O)N(CC(=O)Nc2ccc(Oc3ccccc3Cl)cc2)C1=O. The Morgan fingerprint density at radius 3 is 2.34 bits per heavy atom. The molecule has 4 amide bonds. The Labute approximate surface area is 189 Å². The number of amides is 4. The minimum Gasteiger partial charge on any atom is -0.456 e. The van der Waals surface area contributed by atoms with E-state index in [1.54, 1.807) is 67.6 Å². The van der Waals surface area contributed by atoms with Gasteiger partial charge in [0, 0.05) is 5.69 Å². The molecule has 0 radical (unpaired) electrons. The Morgan fingerprint density at radius 2 is 1.66 bits per heavy atom. The van der Waals surface area contributed by atoms with Crippen LogP contribution in [0.25, 0.3) is 0 Å². The van der Waals surface area contributed by atoms with Gasteiger partial charge in [0.15, 0.2) is 0 Å². The minimum absolute atomic E-state index is 0.398. The van der Waals surface area contributed by atoms with E-state index in [4.69, 9.17) is 16.3 Å². The predicted octanol–water partition coefficient (Wildman–Crippen LogP) is 4.54. The largest absolute Gasteiger partial charge is 0.456 e. The van der Waals surface area contributed by atoms with Crippen molar-refractivity contribution in [3.05, 3.63) is 89.4 Å². The van der Waals surface area contributed by atoms with Crippen LogP contribution in [0, 0.1) is 0 Å². The van der Waals surface area contributed by atoms with E-state index in [2.05, 4.69) is 10.6 Å². The van der Waals surface area contributed by atoms with Gasteiger partial charge in [0.2, 0.25) is 5.91 Å². The van der Waals surface area contributed by atoms with Crippen molar-refractivity contribution in [2.45, 2.75) is 12.5 Å². The maximum absolute atomic E-state index is 12.9. The van der Waals surface area contributed by atoms with Crippen molar-refractivity contribution in [3.8, 4) is 11.5 Å². The van der Waals surface area contributed by atoms with Gasteiger partial charge >= 0.3 is 6.03 Å². The van der Waals surface area contributed by atoms with Crippen LogP contribution in [-0.2, 0) is 15.1 Å². The first-order chi connectivity index (χ1) is 15.4. The van der Waals surface area contributed by atoms with E-state index in [1.165, 1.54) is 0 Å². The van der Waals surface area contributed by atoms with Crippen molar-refractivity contribution in [2.24, 2.45) is 0 Å². The van der Waals surface area contributed by atoms with Crippen molar-refractivity contribution in [1.82, 2.24) is 10.2 Å². The first-order valence-electron chi connectivity index (χ1n) is 9.89. The first kappa shape index (κ1) is 21.4. The number of hydrogen-bond acceptors (Lipinski definition) is 4. The number of ether oxygens (including phenoxy) is 1. The van der Waals surface area contributed by atoms with Crippen LogP contribution in [0.5, 0.6) is 11.5 Å². The number of carbonyl (C=O) groups is 3. The van der Waals surface area contributed by atoms with Crippen LogP contribution in [-0.4, -0.2) is 29.3 Å². The summed E-state index contributed by atoms with van der Waals surface area (Å²) in [4.78, 5) is 38.7. The number of para-hydroxylation sites is 1. The first-order valence-corrected chi connectivity index (χ1v) is 10.3. The molecule has 1 aliphatic rings. The number of anilines is 1. The Balaban J connectivity index is 1.39. The highest BCUT2D eigenvalue weighted by Gasteiger charge is 2.49. The molecule has 8 heteroatoms. The third kappa shape index (κ3) is 4.29. The minimum atomic E-state index is -1.21.